The molecule has 1 N–H and O–H groups in total. The highest BCUT2D eigenvalue weighted by Gasteiger charge is 2.24. The van der Waals surface area contributed by atoms with Crippen LogP contribution in [0.15, 0.2) is 78.2 Å². The van der Waals surface area contributed by atoms with Crippen LogP contribution >= 0.6 is 11.8 Å². The molecule has 0 unspecified atom stereocenters. The fourth-order valence-electron chi connectivity index (χ4n) is 3.91. The lowest BCUT2D eigenvalue weighted by molar-refractivity contribution is -0.116. The van der Waals surface area contributed by atoms with E-state index in [0.717, 1.165) is 24.1 Å². The molecule has 1 aliphatic heterocycles. The molecule has 32 heavy (non-hydrogen) atoms. The maximum absolute atomic E-state index is 13.1. The summed E-state index contributed by atoms with van der Waals surface area (Å²) < 4.78 is 1.77. The van der Waals surface area contributed by atoms with E-state index < -0.39 is 0 Å². The van der Waals surface area contributed by atoms with Gasteiger partial charge in [-0.2, -0.15) is 0 Å². The summed E-state index contributed by atoms with van der Waals surface area (Å²) in [5.74, 6) is 0.901. The van der Waals surface area contributed by atoms with Gasteiger partial charge in [-0.1, -0.05) is 42.1 Å². The molecule has 0 bridgehead atoms. The van der Waals surface area contributed by atoms with Crippen molar-refractivity contribution in [2.24, 2.45) is 0 Å². The van der Waals surface area contributed by atoms with E-state index in [1.54, 1.807) is 35.2 Å². The van der Waals surface area contributed by atoms with Gasteiger partial charge in [-0.15, -0.1) is 10.2 Å². The van der Waals surface area contributed by atoms with Gasteiger partial charge in [0.25, 0.3) is 0 Å². The number of amides is 1. The molecule has 0 spiro atoms. The van der Waals surface area contributed by atoms with Crippen molar-refractivity contribution in [2.45, 2.75) is 18.0 Å². The predicted octanol–water partition coefficient (Wildman–Crippen LogP) is 4.11. The number of rotatable bonds is 5. The second-order valence-electron chi connectivity index (χ2n) is 7.44. The number of pyridine rings is 1. The minimum Gasteiger partial charge on any atom is -0.506 e. The highest BCUT2D eigenvalue weighted by molar-refractivity contribution is 7.99. The molecule has 7 nitrogen and oxygen atoms in total. The van der Waals surface area contributed by atoms with Crippen molar-refractivity contribution >= 4 is 23.4 Å². The van der Waals surface area contributed by atoms with Crippen molar-refractivity contribution in [1.29, 1.82) is 0 Å². The number of aromatic nitrogens is 4. The number of carbonyl (C=O) groups excluding carboxylic acids is 1. The van der Waals surface area contributed by atoms with E-state index >= 15 is 0 Å². The van der Waals surface area contributed by atoms with E-state index in [2.05, 4.69) is 21.2 Å². The molecule has 1 aliphatic rings. The molecule has 3 heterocycles. The standard InChI is InChI=1S/C24H21N5O2S/c30-21-12-4-3-11-20(21)29-23(18-8-5-13-25-15-18)26-27-24(29)32-16-22(31)28-14-6-9-17-7-1-2-10-19(17)28/h1-5,7-8,10-13,15,30H,6,9,14,16H2. The Morgan fingerprint density at radius 1 is 1.00 bits per heavy atom. The highest BCUT2D eigenvalue weighted by atomic mass is 32.2. The predicted molar refractivity (Wildman–Crippen MR) is 124 cm³/mol. The molecule has 5 rings (SSSR count). The van der Waals surface area contributed by atoms with Gasteiger partial charge in [0, 0.05) is 30.2 Å². The van der Waals surface area contributed by atoms with Crippen LogP contribution in [-0.4, -0.2) is 43.1 Å². The third kappa shape index (κ3) is 3.85. The highest BCUT2D eigenvalue weighted by Crippen LogP contribution is 2.33. The second-order valence-corrected chi connectivity index (χ2v) is 8.38. The van der Waals surface area contributed by atoms with Crippen molar-refractivity contribution in [3.05, 3.63) is 78.6 Å². The first-order chi connectivity index (χ1) is 15.7. The molecular weight excluding hydrogens is 422 g/mol. The number of nitrogens with zero attached hydrogens (tertiary/aromatic N) is 5. The lowest BCUT2D eigenvalue weighted by Crippen LogP contribution is -2.36. The first-order valence-corrected chi connectivity index (χ1v) is 11.4. The summed E-state index contributed by atoms with van der Waals surface area (Å²) in [4.78, 5) is 19.1. The zero-order valence-corrected chi connectivity index (χ0v) is 18.1. The van der Waals surface area contributed by atoms with Gasteiger partial charge in [0.2, 0.25) is 5.91 Å². The van der Waals surface area contributed by atoms with Crippen LogP contribution in [0.5, 0.6) is 5.75 Å². The number of aromatic hydroxyl groups is 1. The largest absolute Gasteiger partial charge is 0.506 e. The number of anilines is 1. The SMILES string of the molecule is O=C(CSc1nnc(-c2cccnc2)n1-c1ccccc1O)N1CCCc2ccccc21. The molecule has 0 saturated carbocycles. The first-order valence-electron chi connectivity index (χ1n) is 10.4. The van der Waals surface area contributed by atoms with E-state index in [-0.39, 0.29) is 17.4 Å². The van der Waals surface area contributed by atoms with Crippen molar-refractivity contribution in [2.75, 3.05) is 17.2 Å². The molecule has 0 saturated heterocycles. The number of carbonyl (C=O) groups is 1. The Kier molecular flexibility index (Phi) is 5.60. The van der Waals surface area contributed by atoms with E-state index in [9.17, 15) is 9.90 Å². The van der Waals surface area contributed by atoms with Crippen molar-refractivity contribution in [3.8, 4) is 22.8 Å². The Labute approximate surface area is 189 Å². The van der Waals surface area contributed by atoms with Crippen LogP contribution < -0.4 is 4.90 Å². The monoisotopic (exact) mass is 443 g/mol. The Morgan fingerprint density at radius 3 is 2.62 bits per heavy atom. The lowest BCUT2D eigenvalue weighted by Gasteiger charge is -2.29. The van der Waals surface area contributed by atoms with Crippen LogP contribution in [0.4, 0.5) is 5.69 Å². The van der Waals surface area contributed by atoms with Crippen molar-refractivity contribution in [3.63, 3.8) is 0 Å². The molecule has 1 amide bonds. The van der Waals surface area contributed by atoms with Crippen LogP contribution in [0, 0.1) is 0 Å². The van der Waals surface area contributed by atoms with Crippen LogP contribution in [0.2, 0.25) is 0 Å². The topological polar surface area (TPSA) is 84.1 Å². The van der Waals surface area contributed by atoms with Crippen LogP contribution in [0.3, 0.4) is 0 Å². The van der Waals surface area contributed by atoms with E-state index in [1.165, 1.54) is 17.3 Å². The Bertz CT molecular complexity index is 1260. The van der Waals surface area contributed by atoms with Crippen molar-refractivity contribution < 1.29 is 9.90 Å². The number of aryl methyl sites for hydroxylation is 1. The Hall–Kier alpha value is -3.65. The zero-order valence-electron chi connectivity index (χ0n) is 17.3. The Balaban J connectivity index is 1.45. The van der Waals surface area contributed by atoms with Gasteiger partial charge in [-0.05, 0) is 48.7 Å². The van der Waals surface area contributed by atoms with E-state index in [1.807, 2.05) is 41.3 Å². The van der Waals surface area contributed by atoms with Crippen LogP contribution in [0.25, 0.3) is 17.1 Å². The maximum Gasteiger partial charge on any atom is 0.237 e. The molecule has 0 atom stereocenters. The zero-order chi connectivity index (χ0) is 21.9. The summed E-state index contributed by atoms with van der Waals surface area (Å²) in [6.07, 6.45) is 5.33. The minimum atomic E-state index is 0.0249. The third-order valence-corrected chi connectivity index (χ3v) is 6.33. The quantitative estimate of drug-likeness (QED) is 0.468. The summed E-state index contributed by atoms with van der Waals surface area (Å²) in [5.41, 5.74) is 3.51. The molecular formula is C24H21N5O2S. The molecule has 4 aromatic rings. The van der Waals surface area contributed by atoms with E-state index in [0.29, 0.717) is 23.2 Å². The lowest BCUT2D eigenvalue weighted by atomic mass is 10.0. The van der Waals surface area contributed by atoms with Crippen LogP contribution in [-0.2, 0) is 11.2 Å². The number of fused-ring (bicyclic) bond motifs is 1. The molecule has 0 aliphatic carbocycles. The number of phenols is 1. The number of thioether (sulfide) groups is 1. The number of benzene rings is 2. The minimum absolute atomic E-state index is 0.0249. The fraction of sp³-hybridized carbons (Fsp3) is 0.167. The molecule has 2 aromatic heterocycles. The van der Waals surface area contributed by atoms with Gasteiger partial charge in [-0.25, -0.2) is 0 Å². The molecule has 2 aromatic carbocycles. The number of hydrogen-bond acceptors (Lipinski definition) is 6. The summed E-state index contributed by atoms with van der Waals surface area (Å²) in [7, 11) is 0. The summed E-state index contributed by atoms with van der Waals surface area (Å²) in [6.45, 7) is 0.712. The molecule has 0 fully saturated rings. The normalized spacial score (nSPS) is 13.1. The van der Waals surface area contributed by atoms with Gasteiger partial charge in [-0.3, -0.25) is 14.3 Å². The third-order valence-electron chi connectivity index (χ3n) is 5.41. The van der Waals surface area contributed by atoms with Crippen molar-refractivity contribution in [1.82, 2.24) is 19.7 Å². The van der Waals surface area contributed by atoms with Gasteiger partial charge in [0.1, 0.15) is 5.75 Å². The second kappa shape index (κ2) is 8.84. The summed E-state index contributed by atoms with van der Waals surface area (Å²) in [5, 5.41) is 19.7. The van der Waals surface area contributed by atoms with Gasteiger partial charge in [0.05, 0.1) is 11.4 Å². The maximum atomic E-state index is 13.1. The average molecular weight is 444 g/mol. The first kappa shape index (κ1) is 20.3. The van der Waals surface area contributed by atoms with E-state index in [4.69, 9.17) is 0 Å². The summed E-state index contributed by atoms with van der Waals surface area (Å²) in [6, 6.07) is 18.8. The Morgan fingerprint density at radius 2 is 1.81 bits per heavy atom. The average Bonchev–Trinajstić information content (AvgIpc) is 3.26. The smallest absolute Gasteiger partial charge is 0.237 e. The molecule has 160 valence electrons. The number of hydrogen-bond donors (Lipinski definition) is 1. The van der Waals surface area contributed by atoms with Gasteiger partial charge < -0.3 is 10.0 Å². The molecule has 0 radical (unpaired) electrons. The van der Waals surface area contributed by atoms with Gasteiger partial charge in [0.15, 0.2) is 11.0 Å². The summed E-state index contributed by atoms with van der Waals surface area (Å²) >= 11 is 1.31. The fourth-order valence-corrected chi connectivity index (χ4v) is 4.73. The number of para-hydroxylation sites is 3. The number of phenolic OH excluding ortho intramolecular Hbond substituents is 1. The van der Waals surface area contributed by atoms with Crippen LogP contribution in [0.1, 0.15) is 12.0 Å². The van der Waals surface area contributed by atoms with Gasteiger partial charge >= 0.3 is 0 Å². The molecule has 8 heteroatoms.